The van der Waals surface area contributed by atoms with Crippen LogP contribution in [0, 0.1) is 0 Å². The van der Waals surface area contributed by atoms with Crippen LogP contribution in [0.5, 0.6) is 0 Å². The lowest BCUT2D eigenvalue weighted by molar-refractivity contribution is -0.117. The van der Waals surface area contributed by atoms with Crippen LogP contribution in [-0.4, -0.2) is 47.1 Å². The van der Waals surface area contributed by atoms with E-state index in [1.54, 1.807) is 37.2 Å². The number of hydrogen-bond acceptors (Lipinski definition) is 4. The summed E-state index contributed by atoms with van der Waals surface area (Å²) >= 11 is 5.81. The fraction of sp³-hybridized carbons (Fsp3) is 0.455. The predicted molar refractivity (Wildman–Crippen MR) is 67.1 cm³/mol. The maximum Gasteiger partial charge on any atom is 0.238 e. The maximum atomic E-state index is 11.6. The Morgan fingerprint density at radius 2 is 2.41 bits per heavy atom. The molecule has 1 aromatic heterocycles. The molecule has 0 aliphatic heterocycles. The van der Waals surface area contributed by atoms with E-state index in [2.05, 4.69) is 10.3 Å². The number of pyridine rings is 1. The van der Waals surface area contributed by atoms with Crippen LogP contribution in [-0.2, 0) is 4.79 Å². The topological polar surface area (TPSA) is 65.5 Å². The van der Waals surface area contributed by atoms with Gasteiger partial charge in [0.05, 0.1) is 18.3 Å². The highest BCUT2D eigenvalue weighted by Gasteiger charge is 2.10. The third kappa shape index (κ3) is 5.12. The molecule has 17 heavy (non-hydrogen) atoms. The van der Waals surface area contributed by atoms with Gasteiger partial charge in [0.1, 0.15) is 0 Å². The lowest BCUT2D eigenvalue weighted by atomic mass is 10.3. The van der Waals surface area contributed by atoms with Gasteiger partial charge in [-0.15, -0.1) is 0 Å². The van der Waals surface area contributed by atoms with Crippen molar-refractivity contribution >= 4 is 23.2 Å². The normalized spacial score (nSPS) is 12.5. The van der Waals surface area contributed by atoms with Gasteiger partial charge in [0.2, 0.25) is 5.91 Å². The molecular formula is C11H16ClN3O2. The van der Waals surface area contributed by atoms with Crippen molar-refractivity contribution in [2.75, 3.05) is 25.5 Å². The fourth-order valence-corrected chi connectivity index (χ4v) is 1.60. The highest BCUT2D eigenvalue weighted by Crippen LogP contribution is 2.17. The molecular weight excluding hydrogens is 242 g/mol. The standard InChI is InChI=1S/C11H16ClN3O2/c1-8(16)6-15(2)7-10(17)14-9-4-3-5-13-11(9)12/h3-5,8,16H,6-7H2,1-2H3,(H,14,17). The first-order valence-electron chi connectivity index (χ1n) is 5.26. The molecule has 0 aliphatic rings. The second-order valence-corrected chi connectivity index (χ2v) is 4.29. The Labute approximate surface area is 105 Å². The summed E-state index contributed by atoms with van der Waals surface area (Å²) in [6.07, 6.45) is 1.09. The zero-order valence-electron chi connectivity index (χ0n) is 9.85. The quantitative estimate of drug-likeness (QED) is 0.772. The summed E-state index contributed by atoms with van der Waals surface area (Å²) in [5.74, 6) is -0.192. The van der Waals surface area contributed by atoms with Crippen molar-refractivity contribution in [3.8, 4) is 0 Å². The molecule has 2 N–H and O–H groups in total. The first-order chi connectivity index (χ1) is 7.99. The van der Waals surface area contributed by atoms with Gasteiger partial charge in [-0.1, -0.05) is 11.6 Å². The van der Waals surface area contributed by atoms with Crippen LogP contribution in [0.25, 0.3) is 0 Å². The van der Waals surface area contributed by atoms with E-state index in [0.717, 1.165) is 0 Å². The van der Waals surface area contributed by atoms with Crippen molar-refractivity contribution in [1.29, 1.82) is 0 Å². The first-order valence-corrected chi connectivity index (χ1v) is 5.64. The number of aliphatic hydroxyl groups excluding tert-OH is 1. The smallest absolute Gasteiger partial charge is 0.238 e. The number of rotatable bonds is 5. The molecule has 0 fully saturated rings. The van der Waals surface area contributed by atoms with Gasteiger partial charge in [0.15, 0.2) is 5.15 Å². The number of hydrogen-bond donors (Lipinski definition) is 2. The number of nitrogens with one attached hydrogen (secondary N) is 1. The minimum atomic E-state index is -0.463. The van der Waals surface area contributed by atoms with E-state index in [4.69, 9.17) is 16.7 Å². The largest absolute Gasteiger partial charge is 0.392 e. The van der Waals surface area contributed by atoms with Crippen LogP contribution < -0.4 is 5.32 Å². The average Bonchev–Trinajstić information content (AvgIpc) is 2.19. The van der Waals surface area contributed by atoms with Crippen LogP contribution in [0.3, 0.4) is 0 Å². The third-order valence-corrected chi connectivity index (χ3v) is 2.32. The van der Waals surface area contributed by atoms with Crippen LogP contribution >= 0.6 is 11.6 Å². The minimum Gasteiger partial charge on any atom is -0.392 e. The Kier molecular flexibility index (Phi) is 5.34. The summed E-state index contributed by atoms with van der Waals surface area (Å²) in [5.41, 5.74) is 0.490. The number of aromatic nitrogens is 1. The Morgan fingerprint density at radius 3 is 3.00 bits per heavy atom. The number of halogens is 1. The molecule has 0 spiro atoms. The Morgan fingerprint density at radius 1 is 1.71 bits per heavy atom. The Balaban J connectivity index is 2.47. The predicted octanol–water partition coefficient (Wildman–Crippen LogP) is 0.986. The number of likely N-dealkylation sites (N-methyl/N-ethyl adjacent to an activating group) is 1. The molecule has 1 unspecified atom stereocenters. The van der Waals surface area contributed by atoms with Gasteiger partial charge in [-0.05, 0) is 26.1 Å². The molecule has 6 heteroatoms. The molecule has 1 atom stereocenters. The summed E-state index contributed by atoms with van der Waals surface area (Å²) < 4.78 is 0. The number of amides is 1. The number of carbonyl (C=O) groups excluding carboxylic acids is 1. The monoisotopic (exact) mass is 257 g/mol. The summed E-state index contributed by atoms with van der Waals surface area (Å²) in [7, 11) is 1.76. The molecule has 1 rings (SSSR count). The lowest BCUT2D eigenvalue weighted by Crippen LogP contribution is -2.34. The number of aliphatic hydroxyl groups is 1. The van der Waals surface area contributed by atoms with Crippen molar-refractivity contribution in [3.05, 3.63) is 23.5 Å². The van der Waals surface area contributed by atoms with Crippen LogP contribution in [0.4, 0.5) is 5.69 Å². The van der Waals surface area contributed by atoms with Gasteiger partial charge in [-0.25, -0.2) is 4.98 Å². The molecule has 5 nitrogen and oxygen atoms in total. The molecule has 0 aromatic carbocycles. The van der Waals surface area contributed by atoms with Crippen molar-refractivity contribution in [2.24, 2.45) is 0 Å². The number of anilines is 1. The molecule has 1 heterocycles. The van der Waals surface area contributed by atoms with Gasteiger partial charge < -0.3 is 10.4 Å². The highest BCUT2D eigenvalue weighted by molar-refractivity contribution is 6.32. The molecule has 0 radical (unpaired) electrons. The van der Waals surface area contributed by atoms with E-state index in [0.29, 0.717) is 12.2 Å². The second kappa shape index (κ2) is 6.54. The first kappa shape index (κ1) is 13.9. The molecule has 0 saturated carbocycles. The van der Waals surface area contributed by atoms with Crippen molar-refractivity contribution < 1.29 is 9.90 Å². The summed E-state index contributed by atoms with van der Waals surface area (Å²) in [5, 5.41) is 12.1. The average molecular weight is 258 g/mol. The zero-order valence-corrected chi connectivity index (χ0v) is 10.6. The van der Waals surface area contributed by atoms with Crippen LogP contribution in [0.1, 0.15) is 6.92 Å². The summed E-state index contributed by atoms with van der Waals surface area (Å²) in [6.45, 7) is 2.30. The zero-order chi connectivity index (χ0) is 12.8. The Hall–Kier alpha value is -1.17. The summed E-state index contributed by atoms with van der Waals surface area (Å²) in [4.78, 5) is 17.2. The van der Waals surface area contributed by atoms with E-state index < -0.39 is 6.10 Å². The van der Waals surface area contributed by atoms with Crippen LogP contribution in [0.15, 0.2) is 18.3 Å². The molecule has 0 saturated heterocycles. The van der Waals surface area contributed by atoms with E-state index in [1.807, 2.05) is 0 Å². The van der Waals surface area contributed by atoms with Gasteiger partial charge in [0.25, 0.3) is 0 Å². The SMILES string of the molecule is CC(O)CN(C)CC(=O)Nc1cccnc1Cl. The Bertz CT molecular complexity index is 385. The lowest BCUT2D eigenvalue weighted by Gasteiger charge is -2.17. The number of nitrogens with zero attached hydrogens (tertiary/aromatic N) is 2. The third-order valence-electron chi connectivity index (χ3n) is 2.02. The summed E-state index contributed by atoms with van der Waals surface area (Å²) in [6, 6.07) is 3.38. The maximum absolute atomic E-state index is 11.6. The van der Waals surface area contributed by atoms with Gasteiger partial charge in [-0.2, -0.15) is 0 Å². The number of carbonyl (C=O) groups is 1. The van der Waals surface area contributed by atoms with Crippen molar-refractivity contribution in [3.63, 3.8) is 0 Å². The van der Waals surface area contributed by atoms with E-state index in [9.17, 15) is 4.79 Å². The van der Waals surface area contributed by atoms with E-state index in [-0.39, 0.29) is 17.6 Å². The molecule has 0 aliphatic carbocycles. The van der Waals surface area contributed by atoms with Gasteiger partial charge in [0, 0.05) is 12.7 Å². The van der Waals surface area contributed by atoms with Gasteiger partial charge >= 0.3 is 0 Å². The molecule has 94 valence electrons. The van der Waals surface area contributed by atoms with Crippen LogP contribution in [0.2, 0.25) is 5.15 Å². The molecule has 1 amide bonds. The van der Waals surface area contributed by atoms with Gasteiger partial charge in [-0.3, -0.25) is 9.69 Å². The van der Waals surface area contributed by atoms with Crippen molar-refractivity contribution in [1.82, 2.24) is 9.88 Å². The molecule has 1 aromatic rings. The molecule has 0 bridgehead atoms. The van der Waals surface area contributed by atoms with E-state index >= 15 is 0 Å². The highest BCUT2D eigenvalue weighted by atomic mass is 35.5. The fourth-order valence-electron chi connectivity index (χ4n) is 1.43. The van der Waals surface area contributed by atoms with E-state index in [1.165, 1.54) is 0 Å². The second-order valence-electron chi connectivity index (χ2n) is 3.94. The van der Waals surface area contributed by atoms with Crippen molar-refractivity contribution in [2.45, 2.75) is 13.0 Å². The minimum absolute atomic E-state index is 0.191.